The summed E-state index contributed by atoms with van der Waals surface area (Å²) < 4.78 is 5.92. The molecule has 4 nitrogen and oxygen atoms in total. The zero-order chi connectivity index (χ0) is 20.2. The molecule has 0 bridgehead atoms. The number of nitrogens with zero attached hydrogens (tertiary/aromatic N) is 2. The second kappa shape index (κ2) is 8.15. The van der Waals surface area contributed by atoms with Crippen LogP contribution in [0.15, 0.2) is 79.3 Å². The minimum absolute atomic E-state index is 0.124. The molecule has 0 saturated heterocycles. The van der Waals surface area contributed by atoms with Gasteiger partial charge in [-0.1, -0.05) is 54.1 Å². The van der Waals surface area contributed by atoms with Crippen LogP contribution in [0.3, 0.4) is 0 Å². The summed E-state index contributed by atoms with van der Waals surface area (Å²) in [5, 5.41) is 10.7. The number of aromatic nitrogens is 2. The van der Waals surface area contributed by atoms with Gasteiger partial charge >= 0.3 is 0 Å². The molecule has 1 aromatic heterocycles. The number of hydrogen-bond donors (Lipinski definition) is 1. The summed E-state index contributed by atoms with van der Waals surface area (Å²) in [7, 11) is 0. The molecule has 0 amide bonds. The van der Waals surface area contributed by atoms with E-state index in [1.807, 2.05) is 42.5 Å². The Labute approximate surface area is 170 Å². The number of aromatic hydroxyl groups is 1. The molecule has 0 spiro atoms. The molecule has 0 radical (unpaired) electrons. The lowest BCUT2D eigenvalue weighted by Crippen LogP contribution is -1.99. The number of aryl methyl sites for hydroxylation is 2. The zero-order valence-electron chi connectivity index (χ0n) is 16.5. The van der Waals surface area contributed by atoms with Gasteiger partial charge in [0.05, 0.1) is 5.69 Å². The van der Waals surface area contributed by atoms with Gasteiger partial charge in [-0.25, -0.2) is 9.97 Å². The Kier molecular flexibility index (Phi) is 5.25. The molecule has 0 aliphatic heterocycles. The van der Waals surface area contributed by atoms with Gasteiger partial charge < -0.3 is 9.84 Å². The summed E-state index contributed by atoms with van der Waals surface area (Å²) in [5.41, 5.74) is 6.71. The van der Waals surface area contributed by atoms with Crippen molar-refractivity contribution >= 4 is 0 Å². The first-order valence-corrected chi connectivity index (χ1v) is 9.49. The Hall–Kier alpha value is -3.66. The minimum atomic E-state index is 0.124. The van der Waals surface area contributed by atoms with Gasteiger partial charge in [0.15, 0.2) is 0 Å². The van der Waals surface area contributed by atoms with Gasteiger partial charge in [-0.15, -0.1) is 0 Å². The first-order valence-electron chi connectivity index (χ1n) is 9.49. The highest BCUT2D eigenvalue weighted by molar-refractivity contribution is 5.82. The van der Waals surface area contributed by atoms with Crippen molar-refractivity contribution in [1.82, 2.24) is 9.97 Å². The molecule has 4 heteroatoms. The van der Waals surface area contributed by atoms with Gasteiger partial charge in [0.2, 0.25) is 0 Å². The predicted octanol–water partition coefficient (Wildman–Crippen LogP) is 5.71. The monoisotopic (exact) mass is 382 g/mol. The second-order valence-electron chi connectivity index (χ2n) is 7.05. The highest BCUT2D eigenvalue weighted by Crippen LogP contribution is 2.36. The van der Waals surface area contributed by atoms with Crippen LogP contribution in [-0.4, -0.2) is 15.1 Å². The summed E-state index contributed by atoms with van der Waals surface area (Å²) in [6, 6.07) is 21.5. The van der Waals surface area contributed by atoms with Crippen molar-refractivity contribution in [1.29, 1.82) is 0 Å². The highest BCUT2D eigenvalue weighted by Gasteiger charge is 2.14. The normalized spacial score (nSPS) is 10.7. The Morgan fingerprint density at radius 1 is 0.897 bits per heavy atom. The highest BCUT2D eigenvalue weighted by atomic mass is 16.5. The Morgan fingerprint density at radius 3 is 2.52 bits per heavy atom. The van der Waals surface area contributed by atoms with E-state index < -0.39 is 0 Å². The van der Waals surface area contributed by atoms with E-state index in [-0.39, 0.29) is 5.75 Å². The number of phenols is 1. The SMILES string of the molecule is Cc1ccc(C)c(COc2ccc(-c3ncncc3-c3ccccc3)c(O)c2)c1. The average molecular weight is 382 g/mol. The number of benzene rings is 3. The third-order valence-electron chi connectivity index (χ3n) is 4.92. The van der Waals surface area contributed by atoms with Crippen LogP contribution in [0.2, 0.25) is 0 Å². The van der Waals surface area contributed by atoms with Crippen LogP contribution in [0.25, 0.3) is 22.4 Å². The lowest BCUT2D eigenvalue weighted by molar-refractivity contribution is 0.303. The van der Waals surface area contributed by atoms with Crippen LogP contribution < -0.4 is 4.74 Å². The molecular formula is C25H22N2O2. The Bertz CT molecular complexity index is 1140. The molecular weight excluding hydrogens is 360 g/mol. The molecule has 1 N–H and O–H groups in total. The van der Waals surface area contributed by atoms with E-state index in [2.05, 4.69) is 42.0 Å². The van der Waals surface area contributed by atoms with Crippen LogP contribution in [0.1, 0.15) is 16.7 Å². The van der Waals surface area contributed by atoms with Crippen molar-refractivity contribution in [2.45, 2.75) is 20.5 Å². The van der Waals surface area contributed by atoms with E-state index in [1.165, 1.54) is 17.5 Å². The smallest absolute Gasteiger partial charge is 0.128 e. The molecule has 0 aliphatic rings. The van der Waals surface area contributed by atoms with Crippen molar-refractivity contribution < 1.29 is 9.84 Å². The quantitative estimate of drug-likeness (QED) is 0.480. The maximum atomic E-state index is 10.7. The largest absolute Gasteiger partial charge is 0.507 e. The summed E-state index contributed by atoms with van der Waals surface area (Å²) in [6.07, 6.45) is 3.26. The fourth-order valence-corrected chi connectivity index (χ4v) is 3.29. The first kappa shape index (κ1) is 18.7. The molecule has 0 saturated carbocycles. The van der Waals surface area contributed by atoms with Crippen molar-refractivity contribution in [2.24, 2.45) is 0 Å². The fraction of sp³-hybridized carbons (Fsp3) is 0.120. The minimum Gasteiger partial charge on any atom is -0.507 e. The Balaban J connectivity index is 1.61. The van der Waals surface area contributed by atoms with Gasteiger partial charge in [-0.05, 0) is 42.7 Å². The molecule has 4 rings (SSSR count). The maximum Gasteiger partial charge on any atom is 0.128 e. The molecule has 144 valence electrons. The topological polar surface area (TPSA) is 55.2 Å². The molecule has 0 unspecified atom stereocenters. The molecule has 0 fully saturated rings. The van der Waals surface area contributed by atoms with Gasteiger partial charge in [-0.3, -0.25) is 0 Å². The van der Waals surface area contributed by atoms with E-state index >= 15 is 0 Å². The molecule has 29 heavy (non-hydrogen) atoms. The molecule has 4 aromatic rings. The second-order valence-corrected chi connectivity index (χ2v) is 7.05. The molecule has 0 aliphatic carbocycles. The number of rotatable bonds is 5. The fourth-order valence-electron chi connectivity index (χ4n) is 3.29. The summed E-state index contributed by atoms with van der Waals surface area (Å²) in [6.45, 7) is 4.59. The van der Waals surface area contributed by atoms with Gasteiger partial charge in [0, 0.05) is 23.4 Å². The molecule has 1 heterocycles. The lowest BCUT2D eigenvalue weighted by atomic mass is 10.0. The third-order valence-corrected chi connectivity index (χ3v) is 4.92. The Morgan fingerprint density at radius 2 is 1.72 bits per heavy atom. The van der Waals surface area contributed by atoms with Crippen LogP contribution in [0.5, 0.6) is 11.5 Å². The summed E-state index contributed by atoms with van der Waals surface area (Å²) >= 11 is 0. The molecule has 0 atom stereocenters. The van der Waals surface area contributed by atoms with Gasteiger partial charge in [0.25, 0.3) is 0 Å². The van der Waals surface area contributed by atoms with Crippen LogP contribution in [0.4, 0.5) is 0 Å². The lowest BCUT2D eigenvalue weighted by Gasteiger charge is -2.13. The van der Waals surface area contributed by atoms with Crippen LogP contribution in [0, 0.1) is 13.8 Å². The summed E-state index contributed by atoms with van der Waals surface area (Å²) in [5.74, 6) is 0.738. The van der Waals surface area contributed by atoms with E-state index in [0.29, 0.717) is 23.6 Å². The van der Waals surface area contributed by atoms with Crippen molar-refractivity contribution in [2.75, 3.05) is 0 Å². The van der Waals surface area contributed by atoms with Crippen molar-refractivity contribution in [3.63, 3.8) is 0 Å². The third kappa shape index (κ3) is 4.11. The average Bonchev–Trinajstić information content (AvgIpc) is 2.75. The predicted molar refractivity (Wildman–Crippen MR) is 115 cm³/mol. The standard InChI is InChI=1S/C25H22N2O2/c1-17-8-9-18(2)20(12-17)15-29-21-10-11-22(24(28)13-21)25-23(14-26-16-27-25)19-6-4-3-5-7-19/h3-14,16,28H,15H2,1-2H3. The van der Waals surface area contributed by atoms with Crippen molar-refractivity contribution in [3.05, 3.63) is 95.9 Å². The van der Waals surface area contributed by atoms with E-state index in [1.54, 1.807) is 12.3 Å². The number of phenolic OH excluding ortho intramolecular Hbond substituents is 1. The van der Waals surface area contributed by atoms with E-state index in [4.69, 9.17) is 4.74 Å². The van der Waals surface area contributed by atoms with Crippen molar-refractivity contribution in [3.8, 4) is 33.9 Å². The van der Waals surface area contributed by atoms with Crippen LogP contribution >= 0.6 is 0 Å². The number of ether oxygens (including phenoxy) is 1. The number of hydrogen-bond acceptors (Lipinski definition) is 4. The van der Waals surface area contributed by atoms with Gasteiger partial charge in [-0.2, -0.15) is 0 Å². The zero-order valence-corrected chi connectivity index (χ0v) is 16.5. The van der Waals surface area contributed by atoms with E-state index in [9.17, 15) is 5.11 Å². The van der Waals surface area contributed by atoms with Gasteiger partial charge in [0.1, 0.15) is 24.4 Å². The first-order chi connectivity index (χ1) is 14.1. The van der Waals surface area contributed by atoms with Crippen LogP contribution in [-0.2, 0) is 6.61 Å². The summed E-state index contributed by atoms with van der Waals surface area (Å²) in [4.78, 5) is 8.57. The molecule has 3 aromatic carbocycles. The maximum absolute atomic E-state index is 10.7. The van der Waals surface area contributed by atoms with E-state index in [0.717, 1.165) is 16.7 Å².